The van der Waals surface area contributed by atoms with Crippen LogP contribution in [0.5, 0.6) is 5.75 Å². The van der Waals surface area contributed by atoms with E-state index in [1.54, 1.807) is 16.7 Å². The van der Waals surface area contributed by atoms with Crippen molar-refractivity contribution in [2.75, 3.05) is 6.61 Å². The van der Waals surface area contributed by atoms with E-state index in [-0.39, 0.29) is 5.56 Å². The summed E-state index contributed by atoms with van der Waals surface area (Å²) in [4.78, 5) is 11.9. The fourth-order valence-corrected chi connectivity index (χ4v) is 3.51. The first kappa shape index (κ1) is 21.0. The monoisotopic (exact) mass is 403 g/mol. The zero-order chi connectivity index (χ0) is 21.2. The molecule has 29 heavy (non-hydrogen) atoms. The van der Waals surface area contributed by atoms with Gasteiger partial charge in [0.25, 0.3) is 5.78 Å². The van der Waals surface area contributed by atoms with Crippen LogP contribution in [0, 0.1) is 13.8 Å². The highest BCUT2D eigenvalue weighted by Gasteiger charge is 2.40. The van der Waals surface area contributed by atoms with E-state index < -0.39 is 12.0 Å². The first-order chi connectivity index (χ1) is 13.7. The second-order valence-corrected chi connectivity index (χ2v) is 7.20. The number of ketones is 1. The highest BCUT2D eigenvalue weighted by Crippen LogP contribution is 2.31. The van der Waals surface area contributed by atoms with Gasteiger partial charge in [-0.05, 0) is 49.4 Å². The van der Waals surface area contributed by atoms with Crippen molar-refractivity contribution in [3.63, 3.8) is 0 Å². The minimum atomic E-state index is -4.90. The fourth-order valence-electron chi connectivity index (χ4n) is 3.51. The quantitative estimate of drug-likeness (QED) is 0.356. The third-order valence-electron chi connectivity index (χ3n) is 5.01. The highest BCUT2D eigenvalue weighted by molar-refractivity contribution is 6.11. The van der Waals surface area contributed by atoms with Crippen LogP contribution in [-0.4, -0.2) is 23.1 Å². The van der Waals surface area contributed by atoms with Gasteiger partial charge in [-0.25, -0.2) is 0 Å². The Kier molecular flexibility index (Phi) is 6.01. The summed E-state index contributed by atoms with van der Waals surface area (Å²) in [5, 5.41) is 0.349. The Morgan fingerprint density at radius 3 is 2.59 bits per heavy atom. The number of ether oxygens (including phenoxy) is 1. The number of aromatic nitrogens is 1. The highest BCUT2D eigenvalue weighted by atomic mass is 19.4. The molecule has 154 valence electrons. The number of aryl methyl sites for hydroxylation is 4. The van der Waals surface area contributed by atoms with Crippen LogP contribution in [0.4, 0.5) is 13.2 Å². The SMILES string of the molecule is CCc1cccc2c(C(=O)C(F)(F)F)cn(CCCOc3cc(C)ccc3C)c12. The number of benzene rings is 2. The lowest BCUT2D eigenvalue weighted by Crippen LogP contribution is -2.22. The molecule has 0 amide bonds. The molecule has 0 unspecified atom stereocenters. The number of carbonyl (C=O) groups excluding carboxylic acids is 1. The summed E-state index contributed by atoms with van der Waals surface area (Å²) in [5.41, 5.74) is 3.45. The lowest BCUT2D eigenvalue weighted by Gasteiger charge is -2.12. The van der Waals surface area contributed by atoms with Crippen LogP contribution >= 0.6 is 0 Å². The van der Waals surface area contributed by atoms with Gasteiger partial charge < -0.3 is 9.30 Å². The van der Waals surface area contributed by atoms with Crippen molar-refractivity contribution in [1.82, 2.24) is 4.57 Å². The number of carbonyl (C=O) groups is 1. The van der Waals surface area contributed by atoms with Crippen molar-refractivity contribution < 1.29 is 22.7 Å². The summed E-state index contributed by atoms with van der Waals surface area (Å²) in [5.74, 6) is -0.995. The van der Waals surface area contributed by atoms with E-state index in [2.05, 4.69) is 0 Å². The van der Waals surface area contributed by atoms with Crippen LogP contribution < -0.4 is 4.74 Å². The Morgan fingerprint density at radius 2 is 1.90 bits per heavy atom. The average molecular weight is 403 g/mol. The number of rotatable bonds is 7. The molecule has 0 radical (unpaired) electrons. The Bertz CT molecular complexity index is 1030. The average Bonchev–Trinajstić information content (AvgIpc) is 3.05. The smallest absolute Gasteiger partial charge is 0.454 e. The lowest BCUT2D eigenvalue weighted by molar-refractivity contribution is -0.0884. The third kappa shape index (κ3) is 4.47. The van der Waals surface area contributed by atoms with E-state index in [1.807, 2.05) is 45.0 Å². The van der Waals surface area contributed by atoms with E-state index in [4.69, 9.17) is 4.74 Å². The molecular weight excluding hydrogens is 379 g/mol. The standard InChI is InChI=1S/C23H24F3NO2/c1-4-17-7-5-8-18-19(22(28)23(24,25)26)14-27(21(17)18)11-6-12-29-20-13-15(2)9-10-16(20)3/h5,7-10,13-14H,4,6,11-12H2,1-3H3. The van der Waals surface area contributed by atoms with Crippen LogP contribution in [0.3, 0.4) is 0 Å². The van der Waals surface area contributed by atoms with Crippen molar-refractivity contribution >= 4 is 16.7 Å². The molecule has 3 nitrogen and oxygen atoms in total. The maximum Gasteiger partial charge on any atom is 0.454 e. The number of hydrogen-bond donors (Lipinski definition) is 0. The molecule has 6 heteroatoms. The van der Waals surface area contributed by atoms with Crippen molar-refractivity contribution in [3.05, 3.63) is 64.8 Å². The molecular formula is C23H24F3NO2. The zero-order valence-electron chi connectivity index (χ0n) is 16.8. The summed E-state index contributed by atoms with van der Waals surface area (Å²) in [6, 6.07) is 11.1. The molecule has 0 fully saturated rings. The first-order valence-electron chi connectivity index (χ1n) is 9.64. The molecule has 1 aromatic heterocycles. The predicted molar refractivity (Wildman–Crippen MR) is 108 cm³/mol. The molecule has 3 aromatic rings. The number of para-hydroxylation sites is 1. The summed E-state index contributed by atoms with van der Waals surface area (Å²) < 4.78 is 46.7. The number of Topliss-reactive ketones (excluding diaryl/α,β-unsaturated/α-hetero) is 1. The van der Waals surface area contributed by atoms with Gasteiger partial charge in [0.2, 0.25) is 0 Å². The minimum Gasteiger partial charge on any atom is -0.493 e. The summed E-state index contributed by atoms with van der Waals surface area (Å²) in [7, 11) is 0. The molecule has 0 atom stereocenters. The molecule has 0 spiro atoms. The van der Waals surface area contributed by atoms with Crippen molar-refractivity contribution in [2.24, 2.45) is 0 Å². The Hall–Kier alpha value is -2.76. The van der Waals surface area contributed by atoms with Crippen LogP contribution in [0.15, 0.2) is 42.6 Å². The molecule has 0 N–H and O–H groups in total. The summed E-state index contributed by atoms with van der Waals surface area (Å²) >= 11 is 0. The van der Waals surface area contributed by atoms with Crippen molar-refractivity contribution in [1.29, 1.82) is 0 Å². The van der Waals surface area contributed by atoms with Gasteiger partial charge in [-0.1, -0.05) is 37.3 Å². The van der Waals surface area contributed by atoms with E-state index in [1.165, 1.54) is 6.20 Å². The second-order valence-electron chi connectivity index (χ2n) is 7.20. The van der Waals surface area contributed by atoms with Crippen molar-refractivity contribution in [2.45, 2.75) is 46.3 Å². The molecule has 0 aliphatic heterocycles. The van der Waals surface area contributed by atoms with Gasteiger partial charge in [-0.15, -0.1) is 0 Å². The number of nitrogens with zero attached hydrogens (tertiary/aromatic N) is 1. The Labute approximate surface area is 168 Å². The molecule has 0 aliphatic rings. The van der Waals surface area contributed by atoms with Gasteiger partial charge in [-0.3, -0.25) is 4.79 Å². The Morgan fingerprint density at radius 1 is 1.14 bits per heavy atom. The molecule has 3 rings (SSSR count). The zero-order valence-corrected chi connectivity index (χ0v) is 16.8. The van der Waals surface area contributed by atoms with E-state index in [0.29, 0.717) is 36.9 Å². The molecule has 0 aliphatic carbocycles. The van der Waals surface area contributed by atoms with Crippen LogP contribution in [0.2, 0.25) is 0 Å². The fraction of sp³-hybridized carbons (Fsp3) is 0.348. The minimum absolute atomic E-state index is 0.293. The van der Waals surface area contributed by atoms with E-state index in [0.717, 1.165) is 22.4 Å². The van der Waals surface area contributed by atoms with Crippen LogP contribution in [0.1, 0.15) is 40.4 Å². The molecule has 1 heterocycles. The van der Waals surface area contributed by atoms with E-state index >= 15 is 0 Å². The second kappa shape index (κ2) is 8.31. The van der Waals surface area contributed by atoms with Gasteiger partial charge in [0, 0.05) is 18.1 Å². The first-order valence-corrected chi connectivity index (χ1v) is 9.64. The summed E-state index contributed by atoms with van der Waals surface area (Å²) in [6.07, 6.45) is -2.29. The molecule has 2 aromatic carbocycles. The Balaban J connectivity index is 1.83. The normalized spacial score (nSPS) is 11.8. The maximum atomic E-state index is 13.0. The molecule has 0 saturated carbocycles. The van der Waals surface area contributed by atoms with Gasteiger partial charge in [0.05, 0.1) is 17.7 Å². The van der Waals surface area contributed by atoms with Gasteiger partial charge in [-0.2, -0.15) is 13.2 Å². The third-order valence-corrected chi connectivity index (χ3v) is 5.01. The van der Waals surface area contributed by atoms with Gasteiger partial charge in [0.1, 0.15) is 5.75 Å². The predicted octanol–water partition coefficient (Wildman–Crippen LogP) is 6.03. The lowest BCUT2D eigenvalue weighted by atomic mass is 10.0. The molecule has 0 saturated heterocycles. The summed E-state index contributed by atoms with van der Waals surface area (Å²) in [6.45, 7) is 6.80. The number of fused-ring (bicyclic) bond motifs is 1. The largest absolute Gasteiger partial charge is 0.493 e. The number of halogens is 3. The van der Waals surface area contributed by atoms with E-state index in [9.17, 15) is 18.0 Å². The maximum absolute atomic E-state index is 13.0. The number of alkyl halides is 3. The van der Waals surface area contributed by atoms with Crippen LogP contribution in [-0.2, 0) is 13.0 Å². The molecule has 0 bridgehead atoms. The van der Waals surface area contributed by atoms with Gasteiger partial charge in [0.15, 0.2) is 0 Å². The number of hydrogen-bond acceptors (Lipinski definition) is 2. The van der Waals surface area contributed by atoms with Crippen LogP contribution in [0.25, 0.3) is 10.9 Å². The topological polar surface area (TPSA) is 31.2 Å². The van der Waals surface area contributed by atoms with Crippen molar-refractivity contribution in [3.8, 4) is 5.75 Å². The van der Waals surface area contributed by atoms with Gasteiger partial charge >= 0.3 is 6.18 Å².